The minimum Gasteiger partial charge on any atom is -0.463 e. The van der Waals surface area contributed by atoms with E-state index >= 15 is 0 Å². The van der Waals surface area contributed by atoms with Gasteiger partial charge in [0.25, 0.3) is 5.91 Å². The van der Waals surface area contributed by atoms with Gasteiger partial charge in [0, 0.05) is 37.5 Å². The highest BCUT2D eigenvalue weighted by molar-refractivity contribution is 6.05. The molecule has 0 aliphatic carbocycles. The quantitative estimate of drug-likeness (QED) is 0.593. The molecule has 0 fully saturated rings. The first kappa shape index (κ1) is 16.1. The third kappa shape index (κ3) is 2.99. The first-order chi connectivity index (χ1) is 12.6. The summed E-state index contributed by atoms with van der Waals surface area (Å²) in [7, 11) is 0. The van der Waals surface area contributed by atoms with Crippen LogP contribution < -0.4 is 5.32 Å². The number of nitrogens with one attached hydrogen (secondary N) is 1. The van der Waals surface area contributed by atoms with Gasteiger partial charge in [0.2, 0.25) is 0 Å². The van der Waals surface area contributed by atoms with Gasteiger partial charge >= 0.3 is 0 Å². The molecule has 0 unspecified atom stereocenters. The Balaban J connectivity index is 1.67. The predicted molar refractivity (Wildman–Crippen MR) is 95.6 cm³/mol. The van der Waals surface area contributed by atoms with Crippen LogP contribution in [0.5, 0.6) is 0 Å². The molecular weight excluding hydrogens is 335 g/mol. The molecule has 26 heavy (non-hydrogen) atoms. The van der Waals surface area contributed by atoms with Gasteiger partial charge in [0.15, 0.2) is 11.4 Å². The summed E-state index contributed by atoms with van der Waals surface area (Å²) in [4.78, 5) is 12.8. The normalized spacial score (nSPS) is 11.2. The van der Waals surface area contributed by atoms with E-state index in [1.54, 1.807) is 46.0 Å². The summed E-state index contributed by atoms with van der Waals surface area (Å²) < 4.78 is 22.5. The van der Waals surface area contributed by atoms with Crippen LogP contribution in [-0.2, 0) is 13.1 Å². The molecule has 1 N–H and O–H groups in total. The number of aromatic nitrogens is 3. The molecule has 3 aromatic heterocycles. The second kappa shape index (κ2) is 6.51. The lowest BCUT2D eigenvalue weighted by Gasteiger charge is -2.10. The number of benzene rings is 1. The highest BCUT2D eigenvalue weighted by Crippen LogP contribution is 2.23. The summed E-state index contributed by atoms with van der Waals surface area (Å²) >= 11 is 0. The lowest BCUT2D eigenvalue weighted by molar-refractivity contribution is 0.101. The van der Waals surface area contributed by atoms with Crippen LogP contribution in [-0.4, -0.2) is 20.3 Å². The molecule has 0 radical (unpaired) electrons. The molecule has 0 saturated heterocycles. The number of carbonyl (C=O) groups is 1. The molecule has 0 aliphatic rings. The summed E-state index contributed by atoms with van der Waals surface area (Å²) in [5, 5.41) is 7.06. The molecule has 6 nitrogen and oxygen atoms in total. The average molecular weight is 352 g/mol. The fourth-order valence-corrected chi connectivity index (χ4v) is 2.94. The maximum Gasteiger partial charge on any atom is 0.273 e. The molecule has 0 atom stereocenters. The Kier molecular flexibility index (Phi) is 4.04. The molecule has 1 amide bonds. The first-order valence-corrected chi connectivity index (χ1v) is 8.30. The van der Waals surface area contributed by atoms with Gasteiger partial charge in [-0.1, -0.05) is 12.1 Å². The molecule has 3 heterocycles. The summed E-state index contributed by atoms with van der Waals surface area (Å²) in [6, 6.07) is 11.5. The molecule has 132 valence electrons. The van der Waals surface area contributed by atoms with Crippen molar-refractivity contribution in [3.05, 3.63) is 72.0 Å². The number of anilines is 1. The van der Waals surface area contributed by atoms with E-state index in [0.717, 1.165) is 17.6 Å². The molecule has 4 rings (SSSR count). The predicted octanol–water partition coefficient (Wildman–Crippen LogP) is 3.89. The maximum atomic E-state index is 13.5. The molecule has 0 aliphatic heterocycles. The highest BCUT2D eigenvalue weighted by atomic mass is 19.1. The Morgan fingerprint density at radius 1 is 1.27 bits per heavy atom. The molecule has 0 bridgehead atoms. The van der Waals surface area contributed by atoms with E-state index in [1.807, 2.05) is 13.0 Å². The molecule has 0 saturated carbocycles. The van der Waals surface area contributed by atoms with Crippen LogP contribution in [0.4, 0.5) is 10.2 Å². The lowest BCUT2D eigenvalue weighted by Crippen LogP contribution is -2.18. The highest BCUT2D eigenvalue weighted by Gasteiger charge is 2.18. The minimum absolute atomic E-state index is 0.297. The Labute approximate surface area is 148 Å². The number of hydrogen-bond acceptors (Lipinski definition) is 3. The van der Waals surface area contributed by atoms with E-state index in [4.69, 9.17) is 4.42 Å². The van der Waals surface area contributed by atoms with Crippen molar-refractivity contribution < 1.29 is 13.6 Å². The van der Waals surface area contributed by atoms with E-state index in [-0.39, 0.29) is 11.7 Å². The Hall–Kier alpha value is -3.35. The van der Waals surface area contributed by atoms with Crippen molar-refractivity contribution in [1.29, 1.82) is 0 Å². The van der Waals surface area contributed by atoms with Crippen LogP contribution >= 0.6 is 0 Å². The van der Waals surface area contributed by atoms with Crippen LogP contribution in [0.2, 0.25) is 0 Å². The number of fused-ring (bicyclic) bond motifs is 1. The van der Waals surface area contributed by atoms with Crippen molar-refractivity contribution in [3.8, 4) is 0 Å². The van der Waals surface area contributed by atoms with Crippen molar-refractivity contribution in [1.82, 2.24) is 14.3 Å². The standard InChI is InChI=1S/C19H17FN4O2/c1-2-23-8-6-18(22-23)21-19(25)16-11-17-15(7-9-26-17)24(16)12-13-4-3-5-14(20)10-13/h3-11H,2,12H2,1H3,(H,21,22,25). The van der Waals surface area contributed by atoms with Crippen molar-refractivity contribution in [2.24, 2.45) is 0 Å². The van der Waals surface area contributed by atoms with Gasteiger partial charge < -0.3 is 14.3 Å². The van der Waals surface area contributed by atoms with Gasteiger partial charge in [-0.3, -0.25) is 9.48 Å². The van der Waals surface area contributed by atoms with E-state index in [9.17, 15) is 9.18 Å². The second-order valence-electron chi connectivity index (χ2n) is 5.93. The molecular formula is C19H17FN4O2. The smallest absolute Gasteiger partial charge is 0.273 e. The average Bonchev–Trinajstić information content (AvgIpc) is 3.32. The van der Waals surface area contributed by atoms with Crippen LogP contribution in [0.15, 0.2) is 59.3 Å². The zero-order chi connectivity index (χ0) is 18.1. The molecule has 1 aromatic carbocycles. The summed E-state index contributed by atoms with van der Waals surface area (Å²) in [5.41, 5.74) is 2.56. The first-order valence-electron chi connectivity index (χ1n) is 8.30. The van der Waals surface area contributed by atoms with Gasteiger partial charge in [-0.15, -0.1) is 0 Å². The Morgan fingerprint density at radius 3 is 2.92 bits per heavy atom. The number of halogens is 1. The van der Waals surface area contributed by atoms with E-state index in [1.165, 1.54) is 12.1 Å². The largest absolute Gasteiger partial charge is 0.463 e. The van der Waals surface area contributed by atoms with Gasteiger partial charge in [0.05, 0.1) is 11.8 Å². The van der Waals surface area contributed by atoms with E-state index < -0.39 is 0 Å². The van der Waals surface area contributed by atoms with Crippen molar-refractivity contribution >= 4 is 22.8 Å². The van der Waals surface area contributed by atoms with Gasteiger partial charge in [-0.25, -0.2) is 4.39 Å². The second-order valence-corrected chi connectivity index (χ2v) is 5.93. The molecule has 7 heteroatoms. The van der Waals surface area contributed by atoms with Crippen molar-refractivity contribution in [3.63, 3.8) is 0 Å². The third-order valence-corrected chi connectivity index (χ3v) is 4.19. The topological polar surface area (TPSA) is 65.0 Å². The zero-order valence-corrected chi connectivity index (χ0v) is 14.1. The number of furan rings is 1. The number of rotatable bonds is 5. The summed E-state index contributed by atoms with van der Waals surface area (Å²) in [6.07, 6.45) is 3.37. The third-order valence-electron chi connectivity index (χ3n) is 4.19. The fraction of sp³-hybridized carbons (Fsp3) is 0.158. The monoisotopic (exact) mass is 352 g/mol. The fourth-order valence-electron chi connectivity index (χ4n) is 2.94. The molecule has 4 aromatic rings. The van der Waals surface area contributed by atoms with Crippen LogP contribution in [0.1, 0.15) is 23.0 Å². The minimum atomic E-state index is -0.311. The lowest BCUT2D eigenvalue weighted by atomic mass is 10.2. The Morgan fingerprint density at radius 2 is 2.15 bits per heavy atom. The summed E-state index contributed by atoms with van der Waals surface area (Å²) in [6.45, 7) is 3.04. The van der Waals surface area contributed by atoms with Gasteiger partial charge in [0.1, 0.15) is 11.5 Å². The maximum absolute atomic E-state index is 13.5. The molecule has 0 spiro atoms. The summed E-state index contributed by atoms with van der Waals surface area (Å²) in [5.74, 6) is -0.129. The van der Waals surface area contributed by atoms with Crippen LogP contribution in [0, 0.1) is 5.82 Å². The van der Waals surface area contributed by atoms with Gasteiger partial charge in [-0.05, 0) is 24.6 Å². The van der Waals surface area contributed by atoms with E-state index in [0.29, 0.717) is 23.6 Å². The van der Waals surface area contributed by atoms with E-state index in [2.05, 4.69) is 10.4 Å². The van der Waals surface area contributed by atoms with Crippen molar-refractivity contribution in [2.45, 2.75) is 20.0 Å². The van der Waals surface area contributed by atoms with Crippen LogP contribution in [0.25, 0.3) is 11.1 Å². The SMILES string of the molecule is CCn1ccc(NC(=O)c2cc3occc3n2Cc2cccc(F)c2)n1. The number of amides is 1. The Bertz CT molecular complexity index is 1080. The van der Waals surface area contributed by atoms with Crippen LogP contribution in [0.3, 0.4) is 0 Å². The number of hydrogen-bond donors (Lipinski definition) is 1. The number of nitrogens with zero attached hydrogens (tertiary/aromatic N) is 3. The zero-order valence-electron chi connectivity index (χ0n) is 14.1. The number of aryl methyl sites for hydroxylation is 1. The number of carbonyl (C=O) groups excluding carboxylic acids is 1. The van der Waals surface area contributed by atoms with Crippen molar-refractivity contribution in [2.75, 3.05) is 5.32 Å². The van der Waals surface area contributed by atoms with Gasteiger partial charge in [-0.2, -0.15) is 5.10 Å².